The van der Waals surface area contributed by atoms with Crippen molar-refractivity contribution in [1.29, 1.82) is 0 Å². The van der Waals surface area contributed by atoms with Crippen LogP contribution < -0.4 is 0 Å². The van der Waals surface area contributed by atoms with Crippen molar-refractivity contribution in [3.05, 3.63) is 29.8 Å². The number of ether oxygens (including phenoxy) is 1. The van der Waals surface area contributed by atoms with Gasteiger partial charge in [-0.25, -0.2) is 8.42 Å². The molecular formula is C14H18O5S. The van der Waals surface area contributed by atoms with Crippen LogP contribution in [0.4, 0.5) is 0 Å². The number of benzene rings is 1. The first kappa shape index (κ1) is 16.4. The molecule has 1 rings (SSSR count). The van der Waals surface area contributed by atoms with Gasteiger partial charge in [0.1, 0.15) is 0 Å². The third-order valence-electron chi connectivity index (χ3n) is 2.83. The molecule has 20 heavy (non-hydrogen) atoms. The molecular weight excluding hydrogens is 280 g/mol. The van der Waals surface area contributed by atoms with E-state index in [1.54, 1.807) is 0 Å². The van der Waals surface area contributed by atoms with Gasteiger partial charge in [-0.2, -0.15) is 0 Å². The van der Waals surface area contributed by atoms with Gasteiger partial charge in [-0.15, -0.1) is 0 Å². The fourth-order valence-corrected chi connectivity index (χ4v) is 2.77. The molecule has 0 aromatic heterocycles. The molecule has 110 valence electrons. The van der Waals surface area contributed by atoms with Gasteiger partial charge >= 0.3 is 5.97 Å². The van der Waals surface area contributed by atoms with E-state index in [1.807, 2.05) is 6.92 Å². The molecule has 0 heterocycles. The predicted molar refractivity (Wildman–Crippen MR) is 74.4 cm³/mol. The predicted octanol–water partition coefficient (Wildman–Crippen LogP) is 2.01. The lowest BCUT2D eigenvalue weighted by molar-refractivity contribution is -0.137. The lowest BCUT2D eigenvalue weighted by Gasteiger charge is -2.05. The number of hydrogen-bond acceptors (Lipinski definition) is 5. The quantitative estimate of drug-likeness (QED) is 0.568. The summed E-state index contributed by atoms with van der Waals surface area (Å²) in [6.45, 7) is 2.00. The Labute approximate surface area is 118 Å². The van der Waals surface area contributed by atoms with Crippen molar-refractivity contribution in [1.82, 2.24) is 0 Å². The Morgan fingerprint density at radius 3 is 2.25 bits per heavy atom. The van der Waals surface area contributed by atoms with Crippen molar-refractivity contribution in [2.75, 3.05) is 12.9 Å². The van der Waals surface area contributed by atoms with E-state index in [4.69, 9.17) is 0 Å². The van der Waals surface area contributed by atoms with E-state index in [9.17, 15) is 18.0 Å². The lowest BCUT2D eigenvalue weighted by atomic mass is 10.1. The molecule has 0 amide bonds. The highest BCUT2D eigenvalue weighted by molar-refractivity contribution is 7.92. The Hall–Kier alpha value is -1.69. The van der Waals surface area contributed by atoms with Crippen LogP contribution in [0.2, 0.25) is 0 Å². The van der Waals surface area contributed by atoms with E-state index in [0.717, 1.165) is 20.0 Å². The van der Waals surface area contributed by atoms with Crippen LogP contribution in [-0.2, 0) is 19.4 Å². The maximum atomic E-state index is 11.9. The number of ketones is 1. The van der Waals surface area contributed by atoms with Crippen LogP contribution in [-0.4, -0.2) is 33.0 Å². The number of esters is 1. The number of hydrogen-bond donors (Lipinski definition) is 0. The first-order chi connectivity index (χ1) is 9.40. The minimum absolute atomic E-state index is 0.00921. The fraction of sp³-hybridized carbons (Fsp3) is 0.429. The summed E-state index contributed by atoms with van der Waals surface area (Å²) in [6, 6.07) is 5.64. The lowest BCUT2D eigenvalue weighted by Crippen LogP contribution is -2.17. The summed E-state index contributed by atoms with van der Waals surface area (Å²) in [5.74, 6) is -1.52. The summed E-state index contributed by atoms with van der Waals surface area (Å²) < 4.78 is 28.1. The molecule has 0 atom stereocenters. The van der Waals surface area contributed by atoms with E-state index in [2.05, 4.69) is 4.74 Å². The van der Waals surface area contributed by atoms with Crippen LogP contribution in [0, 0.1) is 0 Å². The Morgan fingerprint density at radius 2 is 1.75 bits per heavy atom. The second kappa shape index (κ2) is 7.19. The Kier molecular flexibility index (Phi) is 5.88. The minimum Gasteiger partial charge on any atom is -0.468 e. The Morgan fingerprint density at radius 1 is 1.15 bits per heavy atom. The van der Waals surface area contributed by atoms with Gasteiger partial charge in [-0.3, -0.25) is 9.59 Å². The highest BCUT2D eigenvalue weighted by Gasteiger charge is 2.20. The zero-order chi connectivity index (χ0) is 15.2. The molecule has 0 aliphatic rings. The number of unbranched alkanes of at least 4 members (excludes halogenated alkanes) is 1. The van der Waals surface area contributed by atoms with Crippen molar-refractivity contribution in [3.8, 4) is 0 Å². The standard InChI is InChI=1S/C14H18O5S/c1-3-4-5-13(15)11-6-8-12(9-7-11)20(17,18)10-14(16)19-2/h6-9H,3-5,10H2,1-2H3. The molecule has 0 saturated heterocycles. The number of Topliss-reactive ketones (excluding diaryl/α,β-unsaturated/α-hetero) is 1. The molecule has 5 nitrogen and oxygen atoms in total. The average molecular weight is 298 g/mol. The fourth-order valence-electron chi connectivity index (χ4n) is 1.63. The summed E-state index contributed by atoms with van der Waals surface area (Å²) in [4.78, 5) is 22.8. The van der Waals surface area contributed by atoms with Crippen LogP contribution >= 0.6 is 0 Å². The first-order valence-electron chi connectivity index (χ1n) is 6.33. The molecule has 1 aromatic rings. The number of carbonyl (C=O) groups is 2. The number of rotatable bonds is 7. The van der Waals surface area contributed by atoms with Crippen LogP contribution in [0.1, 0.15) is 36.5 Å². The smallest absolute Gasteiger partial charge is 0.321 e. The molecule has 0 unspecified atom stereocenters. The molecule has 0 aliphatic carbocycles. The van der Waals surface area contributed by atoms with Gasteiger partial charge < -0.3 is 4.74 Å². The Bertz CT molecular complexity index is 572. The zero-order valence-corrected chi connectivity index (χ0v) is 12.4. The van der Waals surface area contributed by atoms with Gasteiger partial charge in [0.25, 0.3) is 0 Å². The third-order valence-corrected chi connectivity index (χ3v) is 4.43. The molecule has 1 aromatic carbocycles. The maximum Gasteiger partial charge on any atom is 0.321 e. The molecule has 0 bridgehead atoms. The molecule has 0 aliphatic heterocycles. The van der Waals surface area contributed by atoms with E-state index in [-0.39, 0.29) is 10.7 Å². The van der Waals surface area contributed by atoms with Crippen LogP contribution in [0.15, 0.2) is 29.2 Å². The normalized spacial score (nSPS) is 11.1. The second-order valence-electron chi connectivity index (χ2n) is 4.39. The van der Waals surface area contributed by atoms with Crippen LogP contribution in [0.25, 0.3) is 0 Å². The van der Waals surface area contributed by atoms with Crippen LogP contribution in [0.3, 0.4) is 0 Å². The number of sulfone groups is 1. The number of carbonyl (C=O) groups excluding carboxylic acids is 2. The summed E-state index contributed by atoms with van der Waals surface area (Å²) in [6.07, 6.45) is 2.18. The van der Waals surface area contributed by atoms with Crippen molar-refractivity contribution >= 4 is 21.6 Å². The molecule has 0 saturated carbocycles. The van der Waals surface area contributed by atoms with Gasteiger partial charge in [0.2, 0.25) is 0 Å². The van der Waals surface area contributed by atoms with Crippen molar-refractivity contribution < 1.29 is 22.7 Å². The van der Waals surface area contributed by atoms with Gasteiger partial charge in [0, 0.05) is 12.0 Å². The average Bonchev–Trinajstić information content (AvgIpc) is 2.44. The Balaban J connectivity index is 2.85. The van der Waals surface area contributed by atoms with Crippen molar-refractivity contribution in [2.45, 2.75) is 31.1 Å². The summed E-state index contributed by atoms with van der Waals surface area (Å²) >= 11 is 0. The topological polar surface area (TPSA) is 77.5 Å². The highest BCUT2D eigenvalue weighted by atomic mass is 32.2. The third kappa shape index (κ3) is 4.45. The van der Waals surface area contributed by atoms with Gasteiger partial charge in [0.15, 0.2) is 21.4 Å². The van der Waals surface area contributed by atoms with Crippen molar-refractivity contribution in [2.24, 2.45) is 0 Å². The van der Waals surface area contributed by atoms with Crippen LogP contribution in [0.5, 0.6) is 0 Å². The molecule has 0 radical (unpaired) electrons. The molecule has 0 fully saturated rings. The second-order valence-corrected chi connectivity index (χ2v) is 6.38. The SMILES string of the molecule is CCCCC(=O)c1ccc(S(=O)(=O)CC(=O)OC)cc1. The highest BCUT2D eigenvalue weighted by Crippen LogP contribution is 2.14. The van der Waals surface area contributed by atoms with E-state index < -0.39 is 21.6 Å². The van der Waals surface area contributed by atoms with E-state index >= 15 is 0 Å². The van der Waals surface area contributed by atoms with E-state index in [0.29, 0.717) is 12.0 Å². The molecule has 6 heteroatoms. The summed E-state index contributed by atoms with van der Waals surface area (Å²) in [5.41, 5.74) is 0.482. The largest absolute Gasteiger partial charge is 0.468 e. The zero-order valence-electron chi connectivity index (χ0n) is 11.6. The first-order valence-corrected chi connectivity index (χ1v) is 7.98. The maximum absolute atomic E-state index is 11.9. The van der Waals surface area contributed by atoms with Crippen molar-refractivity contribution in [3.63, 3.8) is 0 Å². The van der Waals surface area contributed by atoms with Gasteiger partial charge in [-0.05, 0) is 18.6 Å². The summed E-state index contributed by atoms with van der Waals surface area (Å²) in [5, 5.41) is 0. The number of methoxy groups -OCH3 is 1. The monoisotopic (exact) mass is 298 g/mol. The minimum atomic E-state index is -3.72. The molecule has 0 N–H and O–H groups in total. The summed E-state index contributed by atoms with van der Waals surface area (Å²) in [7, 11) is -2.58. The van der Waals surface area contributed by atoms with Gasteiger partial charge in [-0.1, -0.05) is 25.5 Å². The molecule has 0 spiro atoms. The van der Waals surface area contributed by atoms with Gasteiger partial charge in [0.05, 0.1) is 12.0 Å². The van der Waals surface area contributed by atoms with E-state index in [1.165, 1.54) is 24.3 Å².